The summed E-state index contributed by atoms with van der Waals surface area (Å²) in [7, 11) is 0. The van der Waals surface area contributed by atoms with Crippen LogP contribution in [0.1, 0.15) is 31.2 Å². The number of nitrogens with one attached hydrogen (secondary N) is 1. The van der Waals surface area contributed by atoms with Gasteiger partial charge in [0.2, 0.25) is 6.29 Å². The van der Waals surface area contributed by atoms with E-state index in [2.05, 4.69) is 16.8 Å². The number of aliphatic hydroxyl groups excluding tert-OH is 1. The average molecular weight is 388 g/mol. The van der Waals surface area contributed by atoms with E-state index in [-0.39, 0.29) is 30.1 Å². The van der Waals surface area contributed by atoms with Crippen molar-refractivity contribution in [1.29, 1.82) is 0 Å². The number of thiophene rings is 1. The summed E-state index contributed by atoms with van der Waals surface area (Å²) in [6.07, 6.45) is 2.79. The van der Waals surface area contributed by atoms with Gasteiger partial charge in [-0.15, -0.1) is 0 Å². The second-order valence-corrected chi connectivity index (χ2v) is 7.18. The minimum Gasteiger partial charge on any atom is -0.459 e. The standard InChI is InChI=1S/C21H25NO4S/c1-2-25-21-17(9-6-11-23)18(15-10-12-27-14-15)13-19(26-21)20(24)22-16-7-4-3-5-8-16/h3-5,7-8,10,12-14,17-18,21,23H,2,6,9,11H2,1H3,(H,22,24)/t17-,18-,21-/m0/s1. The Morgan fingerprint density at radius 3 is 2.78 bits per heavy atom. The quantitative estimate of drug-likeness (QED) is 0.714. The number of carbonyl (C=O) groups is 1. The number of aliphatic hydroxyl groups is 1. The van der Waals surface area contributed by atoms with Gasteiger partial charge in [-0.05, 0) is 60.4 Å². The van der Waals surface area contributed by atoms with Crippen LogP contribution in [-0.4, -0.2) is 30.5 Å². The molecule has 1 aliphatic rings. The smallest absolute Gasteiger partial charge is 0.290 e. The van der Waals surface area contributed by atoms with E-state index in [0.717, 1.165) is 17.7 Å². The summed E-state index contributed by atoms with van der Waals surface area (Å²) < 4.78 is 11.8. The molecule has 2 heterocycles. The fraction of sp³-hybridized carbons (Fsp3) is 0.381. The van der Waals surface area contributed by atoms with Crippen LogP contribution in [0.3, 0.4) is 0 Å². The number of benzene rings is 1. The minimum absolute atomic E-state index is 0.00428. The van der Waals surface area contributed by atoms with Crippen molar-refractivity contribution in [1.82, 2.24) is 0 Å². The van der Waals surface area contributed by atoms with Gasteiger partial charge in [0.15, 0.2) is 5.76 Å². The van der Waals surface area contributed by atoms with Gasteiger partial charge in [-0.1, -0.05) is 18.2 Å². The monoisotopic (exact) mass is 387 g/mol. The maximum absolute atomic E-state index is 12.8. The van der Waals surface area contributed by atoms with Gasteiger partial charge in [0, 0.05) is 30.7 Å². The number of amides is 1. The first-order valence-electron chi connectivity index (χ1n) is 9.22. The van der Waals surface area contributed by atoms with Gasteiger partial charge >= 0.3 is 0 Å². The third-order valence-electron chi connectivity index (χ3n) is 4.59. The molecule has 27 heavy (non-hydrogen) atoms. The van der Waals surface area contributed by atoms with Crippen LogP contribution < -0.4 is 5.32 Å². The Kier molecular flexibility index (Phi) is 7.04. The number of hydrogen-bond donors (Lipinski definition) is 2. The largest absolute Gasteiger partial charge is 0.459 e. The summed E-state index contributed by atoms with van der Waals surface area (Å²) in [5.74, 6) is 0.0325. The molecule has 144 valence electrons. The molecule has 5 nitrogen and oxygen atoms in total. The molecule has 6 heteroatoms. The lowest BCUT2D eigenvalue weighted by Crippen LogP contribution is -2.37. The summed E-state index contributed by atoms with van der Waals surface area (Å²) in [5.41, 5.74) is 1.86. The second-order valence-electron chi connectivity index (χ2n) is 6.40. The first-order chi connectivity index (χ1) is 13.2. The Balaban J connectivity index is 1.87. The Morgan fingerprint density at radius 2 is 2.11 bits per heavy atom. The maximum Gasteiger partial charge on any atom is 0.290 e. The third kappa shape index (κ3) is 4.97. The molecule has 0 unspecified atom stereocenters. The van der Waals surface area contributed by atoms with Crippen molar-refractivity contribution in [2.45, 2.75) is 32.0 Å². The zero-order chi connectivity index (χ0) is 19.1. The number of allylic oxidation sites excluding steroid dienone is 1. The van der Waals surface area contributed by atoms with Crippen molar-refractivity contribution < 1.29 is 19.4 Å². The molecule has 0 saturated carbocycles. The van der Waals surface area contributed by atoms with Crippen LogP contribution >= 0.6 is 11.3 Å². The number of ether oxygens (including phenoxy) is 2. The molecule has 3 rings (SSSR count). The van der Waals surface area contributed by atoms with Crippen LogP contribution in [0.2, 0.25) is 0 Å². The molecule has 1 aromatic carbocycles. The topological polar surface area (TPSA) is 67.8 Å². The number of anilines is 1. The molecule has 1 amide bonds. The van der Waals surface area contributed by atoms with Gasteiger partial charge in [-0.2, -0.15) is 11.3 Å². The molecule has 3 atom stereocenters. The third-order valence-corrected chi connectivity index (χ3v) is 5.30. The van der Waals surface area contributed by atoms with E-state index < -0.39 is 6.29 Å². The van der Waals surface area contributed by atoms with E-state index in [1.807, 2.05) is 48.7 Å². The number of rotatable bonds is 8. The molecule has 0 spiro atoms. The zero-order valence-corrected chi connectivity index (χ0v) is 16.2. The van der Waals surface area contributed by atoms with Crippen molar-refractivity contribution in [2.75, 3.05) is 18.5 Å². The fourth-order valence-corrected chi connectivity index (χ4v) is 4.03. The van der Waals surface area contributed by atoms with Gasteiger partial charge in [0.1, 0.15) is 0 Å². The summed E-state index contributed by atoms with van der Waals surface area (Å²) in [6, 6.07) is 11.4. The first-order valence-corrected chi connectivity index (χ1v) is 10.2. The van der Waals surface area contributed by atoms with Gasteiger partial charge in [-0.3, -0.25) is 4.79 Å². The lowest BCUT2D eigenvalue weighted by Gasteiger charge is -2.36. The van der Waals surface area contributed by atoms with Gasteiger partial charge in [-0.25, -0.2) is 0 Å². The summed E-state index contributed by atoms with van der Waals surface area (Å²) in [4.78, 5) is 12.8. The van der Waals surface area contributed by atoms with Gasteiger partial charge in [0.25, 0.3) is 5.91 Å². The van der Waals surface area contributed by atoms with Crippen LogP contribution in [0, 0.1) is 5.92 Å². The van der Waals surface area contributed by atoms with Crippen molar-refractivity contribution in [3.05, 3.63) is 64.6 Å². The van der Waals surface area contributed by atoms with E-state index in [9.17, 15) is 9.90 Å². The first kappa shape index (κ1) is 19.6. The normalized spacial score (nSPS) is 22.0. The Morgan fingerprint density at radius 1 is 1.30 bits per heavy atom. The summed E-state index contributed by atoms with van der Waals surface area (Å²) >= 11 is 1.63. The molecule has 2 aromatic rings. The Bertz CT molecular complexity index is 745. The van der Waals surface area contributed by atoms with Crippen molar-refractivity contribution >= 4 is 22.9 Å². The number of hydrogen-bond acceptors (Lipinski definition) is 5. The number of carbonyl (C=O) groups excluding carboxylic acids is 1. The highest BCUT2D eigenvalue weighted by Crippen LogP contribution is 2.40. The molecule has 2 N–H and O–H groups in total. The van der Waals surface area contributed by atoms with Crippen LogP contribution in [0.4, 0.5) is 5.69 Å². The molecular formula is C21H25NO4S. The highest BCUT2D eigenvalue weighted by molar-refractivity contribution is 7.08. The molecule has 0 saturated heterocycles. The molecule has 1 aromatic heterocycles. The van der Waals surface area contributed by atoms with Crippen LogP contribution in [-0.2, 0) is 14.3 Å². The lowest BCUT2D eigenvalue weighted by molar-refractivity contribution is -0.164. The molecule has 0 aliphatic carbocycles. The summed E-state index contributed by atoms with van der Waals surface area (Å²) in [5, 5.41) is 16.3. The van der Waals surface area contributed by atoms with Crippen LogP contribution in [0.15, 0.2) is 59.0 Å². The Hall–Kier alpha value is -2.15. The van der Waals surface area contributed by atoms with Crippen molar-refractivity contribution in [3.63, 3.8) is 0 Å². The number of para-hydroxylation sites is 1. The molecule has 1 aliphatic heterocycles. The maximum atomic E-state index is 12.8. The van der Waals surface area contributed by atoms with Gasteiger partial charge < -0.3 is 19.9 Å². The van der Waals surface area contributed by atoms with E-state index in [4.69, 9.17) is 9.47 Å². The second kappa shape index (κ2) is 9.69. The predicted octanol–water partition coefficient (Wildman–Crippen LogP) is 4.14. The molecule has 0 radical (unpaired) electrons. The molecule has 0 fully saturated rings. The Labute approximate surface area is 163 Å². The lowest BCUT2D eigenvalue weighted by atomic mass is 9.81. The summed E-state index contributed by atoms with van der Waals surface area (Å²) in [6.45, 7) is 2.52. The van der Waals surface area contributed by atoms with Crippen LogP contribution in [0.5, 0.6) is 0 Å². The average Bonchev–Trinajstić information content (AvgIpc) is 3.22. The minimum atomic E-state index is -0.520. The zero-order valence-electron chi connectivity index (χ0n) is 15.3. The van der Waals surface area contributed by atoms with Crippen molar-refractivity contribution in [3.8, 4) is 0 Å². The van der Waals surface area contributed by atoms with E-state index in [1.165, 1.54) is 0 Å². The van der Waals surface area contributed by atoms with Crippen molar-refractivity contribution in [2.24, 2.45) is 5.92 Å². The highest BCUT2D eigenvalue weighted by atomic mass is 32.1. The van der Waals surface area contributed by atoms with Crippen LogP contribution in [0.25, 0.3) is 0 Å². The molecular weight excluding hydrogens is 362 g/mol. The SMILES string of the molecule is CCO[C@H]1OC(C(=O)Nc2ccccc2)=C[C@@H](c2ccsc2)[C@@H]1CCCO. The highest BCUT2D eigenvalue weighted by Gasteiger charge is 2.37. The van der Waals surface area contributed by atoms with Gasteiger partial charge in [0.05, 0.1) is 0 Å². The van der Waals surface area contributed by atoms with E-state index in [0.29, 0.717) is 13.0 Å². The van der Waals surface area contributed by atoms with E-state index in [1.54, 1.807) is 11.3 Å². The van der Waals surface area contributed by atoms with E-state index >= 15 is 0 Å². The predicted molar refractivity (Wildman–Crippen MR) is 107 cm³/mol. The fourth-order valence-electron chi connectivity index (χ4n) is 3.32. The molecule has 0 bridgehead atoms.